The largest absolute Gasteiger partial charge is 0.481 e. The minimum absolute atomic E-state index is 0.0821. The molecule has 39 heavy (non-hydrogen) atoms. The van der Waals surface area contributed by atoms with Gasteiger partial charge in [0.2, 0.25) is 17.7 Å². The molecule has 1 aromatic carbocycles. The average Bonchev–Trinajstić information content (AvgIpc) is 2.90. The van der Waals surface area contributed by atoms with Crippen molar-refractivity contribution in [3.05, 3.63) is 53.6 Å². The van der Waals surface area contributed by atoms with Crippen molar-refractivity contribution in [2.75, 3.05) is 5.32 Å². The van der Waals surface area contributed by atoms with E-state index in [1.807, 2.05) is 18.2 Å². The molecule has 0 fully saturated rings. The fourth-order valence-corrected chi connectivity index (χ4v) is 3.74. The lowest BCUT2D eigenvalue weighted by atomic mass is 10.1. The van der Waals surface area contributed by atoms with Gasteiger partial charge in [-0.25, -0.2) is 9.97 Å². The van der Waals surface area contributed by atoms with E-state index in [9.17, 15) is 24.0 Å². The van der Waals surface area contributed by atoms with E-state index in [0.717, 1.165) is 18.4 Å². The number of nitrogens with zero attached hydrogens (tertiary/aromatic N) is 2. The summed E-state index contributed by atoms with van der Waals surface area (Å²) in [5.41, 5.74) is 1.77. The Balaban J connectivity index is 1.97. The minimum atomic E-state index is -1.24. The number of aryl methyl sites for hydroxylation is 1. The molecule has 0 unspecified atom stereocenters. The van der Waals surface area contributed by atoms with Gasteiger partial charge in [0.15, 0.2) is 0 Å². The lowest BCUT2D eigenvalue weighted by molar-refractivity contribution is -0.137. The molecule has 5 N–H and O–H groups in total. The van der Waals surface area contributed by atoms with Gasteiger partial charge in [-0.3, -0.25) is 24.0 Å². The summed E-state index contributed by atoms with van der Waals surface area (Å²) in [6, 6.07) is 4.20. The van der Waals surface area contributed by atoms with E-state index in [2.05, 4.69) is 54.1 Å². The molecule has 1 aromatic heterocycles. The van der Waals surface area contributed by atoms with E-state index in [1.165, 1.54) is 26.2 Å². The normalized spacial score (nSPS) is 12.9. The Bertz CT molecular complexity index is 1180. The Kier molecular flexibility index (Phi) is 12.5. The van der Waals surface area contributed by atoms with Crippen molar-refractivity contribution in [2.45, 2.75) is 69.9 Å². The van der Waals surface area contributed by atoms with Crippen LogP contribution < -0.4 is 21.3 Å². The highest BCUT2D eigenvalue weighted by atomic mass is 79.9. The smallest absolute Gasteiger partial charge is 0.303 e. The molecule has 0 aliphatic heterocycles. The molecular formula is C26H33BrN6O6. The minimum Gasteiger partial charge on any atom is -0.481 e. The van der Waals surface area contributed by atoms with E-state index in [4.69, 9.17) is 5.11 Å². The number of carboxylic acids is 1. The number of hydrogen-bond acceptors (Lipinski definition) is 7. The number of carbonyl (C=O) groups is 5. The lowest BCUT2D eigenvalue weighted by Crippen LogP contribution is -2.54. The summed E-state index contributed by atoms with van der Waals surface area (Å²) < 4.78 is 0. The zero-order chi connectivity index (χ0) is 28.9. The number of carboxylic acid groups (broad SMARTS) is 1. The molecule has 2 rings (SSSR count). The number of benzene rings is 1. The number of anilines is 1. The molecule has 3 atom stereocenters. The quantitative estimate of drug-likeness (QED) is 0.203. The summed E-state index contributed by atoms with van der Waals surface area (Å²) in [5, 5.41) is 19.7. The fraction of sp³-hybridized carbons (Fsp3) is 0.423. The highest BCUT2D eigenvalue weighted by Crippen LogP contribution is 2.12. The molecule has 210 valence electrons. The van der Waals surface area contributed by atoms with E-state index in [1.54, 1.807) is 6.07 Å². The first kappa shape index (κ1) is 31.3. The van der Waals surface area contributed by atoms with Crippen LogP contribution in [0.4, 0.5) is 5.69 Å². The topological polar surface area (TPSA) is 179 Å². The monoisotopic (exact) mass is 604 g/mol. The van der Waals surface area contributed by atoms with Gasteiger partial charge in [-0.15, -0.1) is 0 Å². The van der Waals surface area contributed by atoms with Crippen molar-refractivity contribution >= 4 is 51.2 Å². The number of alkyl halides is 1. The molecule has 12 nitrogen and oxygen atoms in total. The van der Waals surface area contributed by atoms with Gasteiger partial charge < -0.3 is 26.4 Å². The van der Waals surface area contributed by atoms with Gasteiger partial charge >= 0.3 is 5.97 Å². The lowest BCUT2D eigenvalue weighted by Gasteiger charge is -2.22. The van der Waals surface area contributed by atoms with Crippen LogP contribution in [0, 0.1) is 0 Å². The van der Waals surface area contributed by atoms with Crippen LogP contribution >= 0.6 is 15.9 Å². The van der Waals surface area contributed by atoms with Gasteiger partial charge in [-0.2, -0.15) is 0 Å². The van der Waals surface area contributed by atoms with Crippen molar-refractivity contribution in [3.8, 4) is 0 Å². The number of hydrogen-bond donors (Lipinski definition) is 5. The zero-order valence-electron chi connectivity index (χ0n) is 22.0. The second-order valence-electron chi connectivity index (χ2n) is 8.88. The molecule has 0 radical (unpaired) electrons. The van der Waals surface area contributed by atoms with Gasteiger partial charge in [0, 0.05) is 24.5 Å². The number of amides is 4. The zero-order valence-corrected chi connectivity index (χ0v) is 23.6. The maximum absolute atomic E-state index is 12.9. The summed E-state index contributed by atoms with van der Waals surface area (Å²) in [4.78, 5) is 69.8. The maximum atomic E-state index is 12.9. The molecule has 0 aliphatic rings. The molecule has 13 heteroatoms. The molecule has 2 aromatic rings. The second-order valence-corrected chi connectivity index (χ2v) is 9.44. The molecule has 0 spiro atoms. The van der Waals surface area contributed by atoms with Gasteiger partial charge in [0.25, 0.3) is 5.91 Å². The van der Waals surface area contributed by atoms with Crippen molar-refractivity contribution < 1.29 is 29.1 Å². The molecule has 0 saturated heterocycles. The summed E-state index contributed by atoms with van der Waals surface area (Å²) in [6.45, 7) is 4.98. The van der Waals surface area contributed by atoms with Crippen LogP contribution in [0.15, 0.2) is 36.7 Å². The van der Waals surface area contributed by atoms with Crippen molar-refractivity contribution in [2.24, 2.45) is 0 Å². The third kappa shape index (κ3) is 10.4. The number of carbonyl (C=O) groups excluding carboxylic acids is 4. The van der Waals surface area contributed by atoms with Gasteiger partial charge in [0.05, 0.1) is 10.9 Å². The second kappa shape index (κ2) is 15.5. The number of rotatable bonds is 14. The van der Waals surface area contributed by atoms with E-state index >= 15 is 0 Å². The summed E-state index contributed by atoms with van der Waals surface area (Å²) in [5.74, 6) is -3.19. The van der Waals surface area contributed by atoms with Gasteiger partial charge in [-0.1, -0.05) is 41.4 Å². The van der Waals surface area contributed by atoms with Gasteiger partial charge in [0.1, 0.15) is 23.9 Å². The van der Waals surface area contributed by atoms with Crippen molar-refractivity contribution in [1.29, 1.82) is 0 Å². The maximum Gasteiger partial charge on any atom is 0.303 e. The molecule has 1 heterocycles. The molecule has 4 amide bonds. The Labute approximate surface area is 234 Å². The van der Waals surface area contributed by atoms with Gasteiger partial charge in [-0.05, 0) is 44.4 Å². The molecular weight excluding hydrogens is 572 g/mol. The third-order valence-electron chi connectivity index (χ3n) is 5.59. The van der Waals surface area contributed by atoms with E-state index < -0.39 is 54.1 Å². The van der Waals surface area contributed by atoms with Crippen LogP contribution in [0.3, 0.4) is 0 Å². The fourth-order valence-electron chi connectivity index (χ4n) is 3.45. The van der Waals surface area contributed by atoms with Crippen LogP contribution in [0.25, 0.3) is 0 Å². The first-order chi connectivity index (χ1) is 18.5. The first-order valence-electron chi connectivity index (χ1n) is 12.4. The standard InChI is InChI=1S/C26H33BrN6O6/c1-4-6-17-7-5-8-19(11-17)32-24(37)16(3)30-23(36)15(2)31-26(39)20(9-10-22(34)35)33-25(38)18-13-28-21(12-27)29-14-18/h5,7-8,11,13-16,20H,4,6,9-10,12H2,1-3H3,(H,30,36)(H,31,39)(H,32,37)(H,33,38)(H,34,35)/t15-,16-,20-/m0/s1. The molecule has 0 bridgehead atoms. The summed E-state index contributed by atoms with van der Waals surface area (Å²) in [7, 11) is 0. The van der Waals surface area contributed by atoms with E-state index in [-0.39, 0.29) is 12.0 Å². The van der Waals surface area contributed by atoms with Crippen LogP contribution in [-0.2, 0) is 30.9 Å². The molecule has 0 aliphatic carbocycles. The highest BCUT2D eigenvalue weighted by Gasteiger charge is 2.27. The number of aliphatic carboxylic acids is 1. The Morgan fingerprint density at radius 3 is 2.21 bits per heavy atom. The summed E-state index contributed by atoms with van der Waals surface area (Å²) in [6.07, 6.45) is 3.80. The number of nitrogens with one attached hydrogen (secondary N) is 4. The predicted molar refractivity (Wildman–Crippen MR) is 147 cm³/mol. The van der Waals surface area contributed by atoms with Crippen LogP contribution in [0.5, 0.6) is 0 Å². The third-order valence-corrected chi connectivity index (χ3v) is 6.09. The SMILES string of the molecule is CCCc1cccc(NC(=O)[C@H](C)NC(=O)[C@H](C)NC(=O)[C@H](CCC(=O)O)NC(=O)c2cnc(CBr)nc2)c1. The predicted octanol–water partition coefficient (Wildman–Crippen LogP) is 1.94. The number of halogens is 1. The van der Waals surface area contributed by atoms with Crippen LogP contribution in [-0.4, -0.2) is 62.8 Å². The first-order valence-corrected chi connectivity index (χ1v) is 13.6. The van der Waals surface area contributed by atoms with E-state index in [0.29, 0.717) is 16.8 Å². The summed E-state index contributed by atoms with van der Waals surface area (Å²) >= 11 is 3.20. The van der Waals surface area contributed by atoms with Crippen LogP contribution in [0.2, 0.25) is 0 Å². The Hall–Kier alpha value is -3.87. The number of aromatic nitrogens is 2. The Morgan fingerprint density at radius 1 is 0.949 bits per heavy atom. The van der Waals surface area contributed by atoms with Crippen LogP contribution in [0.1, 0.15) is 61.8 Å². The Morgan fingerprint density at radius 2 is 1.59 bits per heavy atom. The molecule has 0 saturated carbocycles. The highest BCUT2D eigenvalue weighted by molar-refractivity contribution is 9.08. The average molecular weight is 605 g/mol. The van der Waals surface area contributed by atoms with Crippen molar-refractivity contribution in [1.82, 2.24) is 25.9 Å². The van der Waals surface area contributed by atoms with Crippen molar-refractivity contribution in [3.63, 3.8) is 0 Å².